The Morgan fingerprint density at radius 2 is 0.962 bits per heavy atom. The monoisotopic (exact) mass is 364 g/mol. The van der Waals surface area contributed by atoms with Crippen molar-refractivity contribution in [2.45, 2.75) is 149 Å². The van der Waals surface area contributed by atoms with E-state index >= 15 is 0 Å². The number of unbranched alkanes of at least 4 members (excludes halogenated alkanes) is 14. The van der Waals surface area contributed by atoms with Crippen molar-refractivity contribution in [3.05, 3.63) is 12.2 Å². The van der Waals surface area contributed by atoms with E-state index in [-0.39, 0.29) is 0 Å². The Kier molecular flexibility index (Phi) is 22.6. The Labute approximate surface area is 167 Å². The molecule has 1 atom stereocenters. The molecule has 156 valence electrons. The topological polar surface area (TPSA) is 0 Å². The zero-order chi connectivity index (χ0) is 19.1. The molecule has 0 aliphatic heterocycles. The third-order valence-corrected chi connectivity index (χ3v) is 5.88. The summed E-state index contributed by atoms with van der Waals surface area (Å²) < 4.78 is 0. The van der Waals surface area contributed by atoms with Gasteiger partial charge in [-0.1, -0.05) is 142 Å². The summed E-state index contributed by atoms with van der Waals surface area (Å²) in [6, 6.07) is 0. The van der Waals surface area contributed by atoms with Crippen LogP contribution in [0, 0.1) is 5.92 Å². The average molecular weight is 365 g/mol. The van der Waals surface area contributed by atoms with E-state index in [2.05, 4.69) is 32.9 Å². The molecule has 0 bridgehead atoms. The Balaban J connectivity index is 3.31. The van der Waals surface area contributed by atoms with Crippen LogP contribution in [0.3, 0.4) is 0 Å². The summed E-state index contributed by atoms with van der Waals surface area (Å²) in [4.78, 5) is 0. The van der Waals surface area contributed by atoms with Gasteiger partial charge in [0, 0.05) is 0 Å². The first-order valence-electron chi connectivity index (χ1n) is 12.5. The maximum absolute atomic E-state index is 2.35. The second kappa shape index (κ2) is 22.8. The van der Waals surface area contributed by atoms with Gasteiger partial charge in [-0.05, 0) is 25.7 Å². The standard InChI is InChI=1S/C26H52/c1-4-7-9-11-12-13-14-15-16-17-18-19-20-22-25-26(23-6-3)24-21-10-8-5-2/h5,8,26H,4,6-7,9-25H2,1-3H3. The summed E-state index contributed by atoms with van der Waals surface area (Å²) in [7, 11) is 0. The van der Waals surface area contributed by atoms with Crippen LogP contribution in [0.25, 0.3) is 0 Å². The first-order chi connectivity index (χ1) is 12.8. The average Bonchev–Trinajstić information content (AvgIpc) is 2.65. The molecule has 0 heterocycles. The third kappa shape index (κ3) is 20.1. The highest BCUT2D eigenvalue weighted by atomic mass is 14.1. The lowest BCUT2D eigenvalue weighted by molar-refractivity contribution is 0.385. The van der Waals surface area contributed by atoms with Crippen molar-refractivity contribution in [1.29, 1.82) is 0 Å². The lowest BCUT2D eigenvalue weighted by Crippen LogP contribution is -2.00. The van der Waals surface area contributed by atoms with E-state index in [1.807, 2.05) is 0 Å². The molecule has 0 heteroatoms. The fraction of sp³-hybridized carbons (Fsp3) is 0.923. The molecule has 0 aromatic rings. The molecule has 0 saturated heterocycles. The Hall–Kier alpha value is -0.260. The minimum atomic E-state index is 1.00. The Bertz CT molecular complexity index is 265. The van der Waals surface area contributed by atoms with Crippen LogP contribution in [0.4, 0.5) is 0 Å². The Morgan fingerprint density at radius 1 is 0.500 bits per heavy atom. The first-order valence-corrected chi connectivity index (χ1v) is 12.5. The molecule has 0 aromatic heterocycles. The van der Waals surface area contributed by atoms with Crippen LogP contribution in [-0.4, -0.2) is 0 Å². The predicted molar refractivity (Wildman–Crippen MR) is 122 cm³/mol. The minimum Gasteiger partial charge on any atom is -0.0917 e. The number of rotatable bonds is 21. The van der Waals surface area contributed by atoms with Gasteiger partial charge in [-0.25, -0.2) is 0 Å². The van der Waals surface area contributed by atoms with Crippen LogP contribution in [0.15, 0.2) is 12.2 Å². The molecule has 0 spiro atoms. The molecule has 0 amide bonds. The molecule has 0 fully saturated rings. The maximum Gasteiger partial charge on any atom is -0.0351 e. The quantitative estimate of drug-likeness (QED) is 0.140. The van der Waals surface area contributed by atoms with Crippen LogP contribution >= 0.6 is 0 Å². The van der Waals surface area contributed by atoms with Crippen molar-refractivity contribution >= 4 is 0 Å². The molecule has 0 aromatic carbocycles. The van der Waals surface area contributed by atoms with Gasteiger partial charge in [0.25, 0.3) is 0 Å². The summed E-state index contributed by atoms with van der Waals surface area (Å²) >= 11 is 0. The van der Waals surface area contributed by atoms with Crippen LogP contribution < -0.4 is 0 Å². The van der Waals surface area contributed by atoms with E-state index in [4.69, 9.17) is 0 Å². The third-order valence-electron chi connectivity index (χ3n) is 5.88. The molecule has 1 unspecified atom stereocenters. The van der Waals surface area contributed by atoms with E-state index in [9.17, 15) is 0 Å². The van der Waals surface area contributed by atoms with Crippen molar-refractivity contribution in [2.75, 3.05) is 0 Å². The second-order valence-electron chi connectivity index (χ2n) is 8.54. The fourth-order valence-electron chi connectivity index (χ4n) is 4.16. The highest BCUT2D eigenvalue weighted by Gasteiger charge is 2.06. The molecule has 0 aliphatic rings. The van der Waals surface area contributed by atoms with Gasteiger partial charge in [0.05, 0.1) is 0 Å². The van der Waals surface area contributed by atoms with Crippen LogP contribution in [-0.2, 0) is 0 Å². The summed E-state index contributed by atoms with van der Waals surface area (Å²) in [5, 5.41) is 0. The van der Waals surface area contributed by atoms with Gasteiger partial charge < -0.3 is 0 Å². The van der Waals surface area contributed by atoms with Gasteiger partial charge in [-0.2, -0.15) is 0 Å². The van der Waals surface area contributed by atoms with Gasteiger partial charge >= 0.3 is 0 Å². The fourth-order valence-corrected chi connectivity index (χ4v) is 4.16. The molecular weight excluding hydrogens is 312 g/mol. The summed E-state index contributed by atoms with van der Waals surface area (Å²) in [6.45, 7) is 6.79. The van der Waals surface area contributed by atoms with Crippen molar-refractivity contribution in [3.8, 4) is 0 Å². The molecule has 0 rings (SSSR count). The van der Waals surface area contributed by atoms with Gasteiger partial charge in [0.1, 0.15) is 0 Å². The van der Waals surface area contributed by atoms with Crippen molar-refractivity contribution in [3.63, 3.8) is 0 Å². The first kappa shape index (κ1) is 25.7. The highest BCUT2D eigenvalue weighted by Crippen LogP contribution is 2.22. The van der Waals surface area contributed by atoms with Crippen LogP contribution in [0.5, 0.6) is 0 Å². The van der Waals surface area contributed by atoms with Gasteiger partial charge in [-0.3, -0.25) is 0 Å². The number of hydrogen-bond donors (Lipinski definition) is 0. The number of allylic oxidation sites excluding steroid dienone is 2. The molecule has 26 heavy (non-hydrogen) atoms. The van der Waals surface area contributed by atoms with Gasteiger partial charge in [-0.15, -0.1) is 0 Å². The highest BCUT2D eigenvalue weighted by molar-refractivity contribution is 4.76. The molecular formula is C26H52. The minimum absolute atomic E-state index is 1.00. The lowest BCUT2D eigenvalue weighted by atomic mass is 9.91. The summed E-state index contributed by atoms with van der Waals surface area (Å²) in [5.41, 5.74) is 0. The SMILES string of the molecule is CC=CCCCC(CCC)CCCCCCCCCCCCCCCC. The smallest absolute Gasteiger partial charge is 0.0351 e. The normalized spacial score (nSPS) is 12.9. The van der Waals surface area contributed by atoms with E-state index < -0.39 is 0 Å². The van der Waals surface area contributed by atoms with Crippen molar-refractivity contribution in [1.82, 2.24) is 0 Å². The zero-order valence-electron chi connectivity index (χ0n) is 18.9. The zero-order valence-corrected chi connectivity index (χ0v) is 18.9. The maximum atomic E-state index is 2.35. The van der Waals surface area contributed by atoms with E-state index in [0.29, 0.717) is 0 Å². The van der Waals surface area contributed by atoms with Crippen molar-refractivity contribution < 1.29 is 0 Å². The summed E-state index contributed by atoms with van der Waals surface area (Å²) in [5.74, 6) is 1.00. The molecule has 0 N–H and O–H groups in total. The van der Waals surface area contributed by atoms with Gasteiger partial charge in [0.2, 0.25) is 0 Å². The van der Waals surface area contributed by atoms with E-state index in [0.717, 1.165) is 5.92 Å². The predicted octanol–water partition coefficient (Wildman–Crippen LogP) is 10.0. The van der Waals surface area contributed by atoms with Gasteiger partial charge in [0.15, 0.2) is 0 Å². The van der Waals surface area contributed by atoms with E-state index in [1.165, 1.54) is 128 Å². The number of hydrogen-bond acceptors (Lipinski definition) is 0. The van der Waals surface area contributed by atoms with E-state index in [1.54, 1.807) is 0 Å². The second-order valence-corrected chi connectivity index (χ2v) is 8.54. The Morgan fingerprint density at radius 3 is 1.42 bits per heavy atom. The largest absolute Gasteiger partial charge is 0.0917 e. The molecule has 0 radical (unpaired) electrons. The van der Waals surface area contributed by atoms with Crippen LogP contribution in [0.2, 0.25) is 0 Å². The summed E-state index contributed by atoms with van der Waals surface area (Å²) in [6.07, 6.45) is 33.5. The van der Waals surface area contributed by atoms with Crippen molar-refractivity contribution in [2.24, 2.45) is 5.92 Å². The lowest BCUT2D eigenvalue weighted by Gasteiger charge is -2.15. The molecule has 0 aliphatic carbocycles. The van der Waals surface area contributed by atoms with Crippen LogP contribution in [0.1, 0.15) is 149 Å². The molecule has 0 saturated carbocycles. The molecule has 0 nitrogen and oxygen atoms in total.